The summed E-state index contributed by atoms with van der Waals surface area (Å²) >= 11 is 0. The summed E-state index contributed by atoms with van der Waals surface area (Å²) < 4.78 is 0. The fourth-order valence-electron chi connectivity index (χ4n) is 3.74. The maximum atomic E-state index is 10.4. The summed E-state index contributed by atoms with van der Waals surface area (Å²) in [4.78, 5) is 2.27. The molecule has 130 valence electrons. The molecule has 0 saturated heterocycles. The Kier molecular flexibility index (Phi) is 4.36. The summed E-state index contributed by atoms with van der Waals surface area (Å²) in [6.07, 6.45) is 0. The third-order valence-corrected chi connectivity index (χ3v) is 5.15. The second-order valence-electron chi connectivity index (χ2n) is 7.04. The summed E-state index contributed by atoms with van der Waals surface area (Å²) in [5.74, 6) is 0.366. The van der Waals surface area contributed by atoms with E-state index < -0.39 is 0 Å². The molecule has 26 heavy (non-hydrogen) atoms. The number of aryl methyl sites for hydroxylation is 1. The van der Waals surface area contributed by atoms with Crippen LogP contribution in [0.15, 0.2) is 72.8 Å². The first-order chi connectivity index (χ1) is 12.6. The Morgan fingerprint density at radius 2 is 1.23 bits per heavy atom. The molecule has 0 amide bonds. The first-order valence-electron chi connectivity index (χ1n) is 8.99. The molecule has 0 bridgehead atoms. The van der Waals surface area contributed by atoms with Gasteiger partial charge in [-0.1, -0.05) is 66.7 Å². The number of benzene rings is 4. The number of rotatable bonds is 4. The van der Waals surface area contributed by atoms with E-state index in [9.17, 15) is 5.11 Å². The van der Waals surface area contributed by atoms with Gasteiger partial charge in [-0.3, -0.25) is 4.90 Å². The number of nitrogens with zero attached hydrogens (tertiary/aromatic N) is 1. The minimum absolute atomic E-state index is 0.366. The van der Waals surface area contributed by atoms with Crippen molar-refractivity contribution in [2.24, 2.45) is 0 Å². The Balaban J connectivity index is 1.68. The zero-order valence-electron chi connectivity index (χ0n) is 15.2. The molecule has 4 rings (SSSR count). The minimum atomic E-state index is 0.366. The van der Waals surface area contributed by atoms with Crippen molar-refractivity contribution in [2.75, 3.05) is 7.05 Å². The van der Waals surface area contributed by atoms with Crippen LogP contribution >= 0.6 is 0 Å². The van der Waals surface area contributed by atoms with Crippen LogP contribution < -0.4 is 0 Å². The van der Waals surface area contributed by atoms with Gasteiger partial charge < -0.3 is 5.11 Å². The van der Waals surface area contributed by atoms with Gasteiger partial charge in [-0.15, -0.1) is 0 Å². The quantitative estimate of drug-likeness (QED) is 0.519. The van der Waals surface area contributed by atoms with E-state index in [-0.39, 0.29) is 0 Å². The fourth-order valence-corrected chi connectivity index (χ4v) is 3.74. The Hall–Kier alpha value is -2.84. The van der Waals surface area contributed by atoms with E-state index in [0.29, 0.717) is 12.3 Å². The molecule has 0 radical (unpaired) electrons. The lowest BCUT2D eigenvalue weighted by Crippen LogP contribution is -2.18. The Bertz CT molecular complexity index is 997. The number of hydrogen-bond donors (Lipinski definition) is 1. The summed E-state index contributed by atoms with van der Waals surface area (Å²) in [7, 11) is 2.11. The average molecular weight is 341 g/mol. The summed E-state index contributed by atoms with van der Waals surface area (Å²) in [5, 5.41) is 15.3. The molecule has 0 atom stereocenters. The second kappa shape index (κ2) is 6.81. The Morgan fingerprint density at radius 3 is 1.92 bits per heavy atom. The van der Waals surface area contributed by atoms with Gasteiger partial charge in [0.2, 0.25) is 0 Å². The van der Waals surface area contributed by atoms with Crippen LogP contribution in [0.2, 0.25) is 0 Å². The van der Waals surface area contributed by atoms with Crippen LogP contribution in [-0.4, -0.2) is 17.1 Å². The van der Waals surface area contributed by atoms with Crippen molar-refractivity contribution < 1.29 is 5.11 Å². The molecule has 1 N–H and O–H groups in total. The van der Waals surface area contributed by atoms with E-state index in [1.54, 1.807) is 6.07 Å². The van der Waals surface area contributed by atoms with Gasteiger partial charge in [0.25, 0.3) is 0 Å². The highest BCUT2D eigenvalue weighted by Gasteiger charge is 2.12. The number of phenols is 1. The normalized spacial score (nSPS) is 11.5. The molecule has 0 spiro atoms. The highest BCUT2D eigenvalue weighted by Crippen LogP contribution is 2.29. The molecule has 2 heteroatoms. The largest absolute Gasteiger partial charge is 0.508 e. The summed E-state index contributed by atoms with van der Waals surface area (Å²) in [6.45, 7) is 3.72. The molecule has 0 fully saturated rings. The third-order valence-electron chi connectivity index (χ3n) is 5.15. The van der Waals surface area contributed by atoms with Crippen LogP contribution in [-0.2, 0) is 13.1 Å². The molecular formula is C24H23NO. The first-order valence-corrected chi connectivity index (χ1v) is 8.99. The molecule has 0 aliphatic heterocycles. The Morgan fingerprint density at radius 1 is 0.692 bits per heavy atom. The number of fused-ring (bicyclic) bond motifs is 2. The molecule has 0 aromatic heterocycles. The van der Waals surface area contributed by atoms with Crippen molar-refractivity contribution in [1.29, 1.82) is 0 Å². The number of aromatic hydroxyl groups is 1. The van der Waals surface area contributed by atoms with E-state index in [0.717, 1.165) is 22.9 Å². The van der Waals surface area contributed by atoms with E-state index in [2.05, 4.69) is 67.4 Å². The molecule has 4 aromatic carbocycles. The predicted octanol–water partition coefficient (Wildman–Crippen LogP) is 5.64. The highest BCUT2D eigenvalue weighted by atomic mass is 16.3. The smallest absolute Gasteiger partial charge is 0.120 e. The Labute approximate surface area is 154 Å². The van der Waals surface area contributed by atoms with Crippen molar-refractivity contribution in [3.05, 3.63) is 89.5 Å². The van der Waals surface area contributed by atoms with Gasteiger partial charge in [0.05, 0.1) is 0 Å². The van der Waals surface area contributed by atoms with E-state index in [1.807, 2.05) is 18.2 Å². The van der Waals surface area contributed by atoms with E-state index in [1.165, 1.54) is 21.9 Å². The van der Waals surface area contributed by atoms with Crippen molar-refractivity contribution >= 4 is 21.5 Å². The molecule has 0 unspecified atom stereocenters. The van der Waals surface area contributed by atoms with Crippen molar-refractivity contribution in [3.8, 4) is 5.75 Å². The van der Waals surface area contributed by atoms with Gasteiger partial charge in [-0.2, -0.15) is 0 Å². The van der Waals surface area contributed by atoms with Crippen molar-refractivity contribution in [2.45, 2.75) is 20.0 Å². The van der Waals surface area contributed by atoms with Crippen LogP contribution in [0.4, 0.5) is 0 Å². The standard InChI is InChI=1S/C24H23NO/c1-17-11-12-18-7-3-5-9-20(18)22(17)15-25(2)16-23-21-10-6-4-8-19(21)13-14-24(23)26/h3-14,26H,15-16H2,1-2H3. The van der Waals surface area contributed by atoms with Crippen molar-refractivity contribution in [3.63, 3.8) is 0 Å². The lowest BCUT2D eigenvalue weighted by molar-refractivity contribution is 0.314. The van der Waals surface area contributed by atoms with E-state index >= 15 is 0 Å². The third kappa shape index (κ3) is 3.04. The SMILES string of the molecule is Cc1ccc2ccccc2c1CN(C)Cc1c(O)ccc2ccccc12. The van der Waals surface area contributed by atoms with Gasteiger partial charge in [0.15, 0.2) is 0 Å². The zero-order valence-corrected chi connectivity index (χ0v) is 15.2. The molecule has 4 aromatic rings. The molecule has 0 heterocycles. The molecule has 2 nitrogen and oxygen atoms in total. The van der Waals surface area contributed by atoms with Crippen LogP contribution in [0.1, 0.15) is 16.7 Å². The molecular weight excluding hydrogens is 318 g/mol. The molecule has 0 aliphatic rings. The summed E-state index contributed by atoms with van der Waals surface area (Å²) in [5.41, 5.74) is 3.64. The number of phenolic OH excluding ortho intramolecular Hbond substituents is 1. The number of hydrogen-bond acceptors (Lipinski definition) is 2. The average Bonchev–Trinajstić information content (AvgIpc) is 2.66. The van der Waals surface area contributed by atoms with Crippen LogP contribution in [0, 0.1) is 6.92 Å². The van der Waals surface area contributed by atoms with Gasteiger partial charge >= 0.3 is 0 Å². The van der Waals surface area contributed by atoms with E-state index in [4.69, 9.17) is 0 Å². The van der Waals surface area contributed by atoms with Gasteiger partial charge in [-0.25, -0.2) is 0 Å². The first kappa shape index (κ1) is 16.6. The fraction of sp³-hybridized carbons (Fsp3) is 0.167. The van der Waals surface area contributed by atoms with Crippen LogP contribution in [0.25, 0.3) is 21.5 Å². The van der Waals surface area contributed by atoms with Gasteiger partial charge in [-0.05, 0) is 52.7 Å². The molecule has 0 aliphatic carbocycles. The monoisotopic (exact) mass is 341 g/mol. The lowest BCUT2D eigenvalue weighted by Gasteiger charge is -2.21. The maximum absolute atomic E-state index is 10.4. The second-order valence-corrected chi connectivity index (χ2v) is 7.04. The zero-order chi connectivity index (χ0) is 18.1. The van der Waals surface area contributed by atoms with Crippen LogP contribution in [0.5, 0.6) is 5.75 Å². The van der Waals surface area contributed by atoms with Gasteiger partial charge in [0, 0.05) is 18.7 Å². The maximum Gasteiger partial charge on any atom is 0.120 e. The van der Waals surface area contributed by atoms with Gasteiger partial charge in [0.1, 0.15) is 5.75 Å². The molecule has 0 saturated carbocycles. The van der Waals surface area contributed by atoms with Crippen LogP contribution in [0.3, 0.4) is 0 Å². The predicted molar refractivity (Wildman–Crippen MR) is 109 cm³/mol. The van der Waals surface area contributed by atoms with Crippen molar-refractivity contribution in [1.82, 2.24) is 4.90 Å². The lowest BCUT2D eigenvalue weighted by atomic mass is 9.99. The summed E-state index contributed by atoms with van der Waals surface area (Å²) in [6, 6.07) is 24.9. The highest BCUT2D eigenvalue weighted by molar-refractivity contribution is 5.88. The minimum Gasteiger partial charge on any atom is -0.508 e. The topological polar surface area (TPSA) is 23.5 Å².